The topological polar surface area (TPSA) is 168 Å². The molecule has 0 aromatic heterocycles. The Labute approximate surface area is 182 Å². The molecule has 0 aromatic carbocycles. The standard InChI is InChI=1S/C19H31N2O9P/c1-10(2)15(24)29-13(5)30-17(26)21-12(4)19(27,31-28)18(8-6-7-9-18)16(25)20-11(3)14(22)23/h10-13,27H,6-9H2,1-5H3,(H,20,25)(H,21,26)(H,22,23). The summed E-state index contributed by atoms with van der Waals surface area (Å²) in [6.45, 7) is 7.19. The van der Waals surface area contributed by atoms with E-state index in [9.17, 15) is 28.8 Å². The molecule has 4 unspecified atom stereocenters. The highest BCUT2D eigenvalue weighted by atomic mass is 31.1. The van der Waals surface area contributed by atoms with Crippen LogP contribution in [0.4, 0.5) is 4.79 Å². The minimum absolute atomic E-state index is 0.153. The first-order valence-corrected chi connectivity index (χ1v) is 10.9. The van der Waals surface area contributed by atoms with Crippen molar-refractivity contribution in [2.75, 3.05) is 0 Å². The molecule has 11 nitrogen and oxygen atoms in total. The highest BCUT2D eigenvalue weighted by Gasteiger charge is 2.61. The van der Waals surface area contributed by atoms with Crippen LogP contribution in [0.2, 0.25) is 0 Å². The first-order chi connectivity index (χ1) is 14.3. The van der Waals surface area contributed by atoms with E-state index >= 15 is 0 Å². The Hall–Kier alpha value is -2.26. The number of aliphatic hydroxyl groups is 1. The smallest absolute Gasteiger partial charge is 0.410 e. The van der Waals surface area contributed by atoms with E-state index in [0.717, 1.165) is 0 Å². The summed E-state index contributed by atoms with van der Waals surface area (Å²) in [6, 6.07) is -2.45. The van der Waals surface area contributed by atoms with Gasteiger partial charge in [-0.1, -0.05) is 26.7 Å². The van der Waals surface area contributed by atoms with Gasteiger partial charge in [-0.25, -0.2) is 4.79 Å². The van der Waals surface area contributed by atoms with Gasteiger partial charge in [-0.15, -0.1) is 0 Å². The molecule has 0 bridgehead atoms. The predicted octanol–water partition coefficient (Wildman–Crippen LogP) is 1.78. The summed E-state index contributed by atoms with van der Waals surface area (Å²) < 4.78 is 22.0. The number of carboxylic acids is 1. The van der Waals surface area contributed by atoms with Crippen molar-refractivity contribution in [3.05, 3.63) is 0 Å². The van der Waals surface area contributed by atoms with Crippen LogP contribution in [-0.4, -0.2) is 57.9 Å². The summed E-state index contributed by atoms with van der Waals surface area (Å²) in [6.07, 6.45) is -0.856. The second-order valence-electron chi connectivity index (χ2n) is 8.07. The van der Waals surface area contributed by atoms with E-state index in [1.54, 1.807) is 13.8 Å². The molecule has 4 N–H and O–H groups in total. The maximum atomic E-state index is 13.0. The number of aliphatic carboxylic acids is 1. The van der Waals surface area contributed by atoms with Crippen molar-refractivity contribution in [2.45, 2.75) is 84.0 Å². The normalized spacial score (nSPS) is 20.2. The highest BCUT2D eigenvalue weighted by molar-refractivity contribution is 7.26. The first-order valence-electron chi connectivity index (χ1n) is 10.1. The van der Waals surface area contributed by atoms with Crippen molar-refractivity contribution < 1.29 is 43.4 Å². The van der Waals surface area contributed by atoms with Crippen LogP contribution in [0.1, 0.15) is 60.3 Å². The van der Waals surface area contributed by atoms with Gasteiger partial charge in [0.1, 0.15) is 6.04 Å². The van der Waals surface area contributed by atoms with Crippen LogP contribution in [0.5, 0.6) is 0 Å². The molecule has 31 heavy (non-hydrogen) atoms. The zero-order valence-corrected chi connectivity index (χ0v) is 19.2. The van der Waals surface area contributed by atoms with Gasteiger partial charge in [0.2, 0.25) is 12.2 Å². The molecule has 176 valence electrons. The Morgan fingerprint density at radius 2 is 1.55 bits per heavy atom. The number of carbonyl (C=O) groups excluding carboxylic acids is 3. The summed E-state index contributed by atoms with van der Waals surface area (Å²) in [5.74, 6) is -3.01. The molecule has 2 amide bonds. The van der Waals surface area contributed by atoms with Gasteiger partial charge in [-0.2, -0.15) is 0 Å². The Kier molecular flexibility index (Phi) is 9.38. The van der Waals surface area contributed by atoms with Crippen LogP contribution < -0.4 is 10.6 Å². The van der Waals surface area contributed by atoms with E-state index in [0.29, 0.717) is 12.8 Å². The Morgan fingerprint density at radius 3 is 2.00 bits per heavy atom. The van der Waals surface area contributed by atoms with Crippen molar-refractivity contribution in [3.8, 4) is 0 Å². The largest absolute Gasteiger partial charge is 0.480 e. The molecule has 0 spiro atoms. The molecule has 0 radical (unpaired) electrons. The van der Waals surface area contributed by atoms with Crippen molar-refractivity contribution in [1.29, 1.82) is 0 Å². The van der Waals surface area contributed by atoms with Crippen LogP contribution in [0, 0.1) is 11.3 Å². The summed E-state index contributed by atoms with van der Waals surface area (Å²) in [5, 5.41) is 22.8. The lowest BCUT2D eigenvalue weighted by atomic mass is 9.75. The van der Waals surface area contributed by atoms with E-state index in [4.69, 9.17) is 14.6 Å². The van der Waals surface area contributed by atoms with Gasteiger partial charge in [0.25, 0.3) is 0 Å². The Morgan fingerprint density at radius 1 is 1.00 bits per heavy atom. The lowest BCUT2D eigenvalue weighted by Gasteiger charge is -2.43. The first kappa shape index (κ1) is 26.8. The highest BCUT2D eigenvalue weighted by Crippen LogP contribution is 2.53. The molecule has 0 saturated heterocycles. The lowest BCUT2D eigenvalue weighted by molar-refractivity contribution is -0.169. The average molecular weight is 462 g/mol. The number of hydrogen-bond acceptors (Lipinski definition) is 8. The third kappa shape index (κ3) is 6.13. The van der Waals surface area contributed by atoms with Gasteiger partial charge in [0, 0.05) is 6.92 Å². The van der Waals surface area contributed by atoms with Crippen molar-refractivity contribution in [3.63, 3.8) is 0 Å². The van der Waals surface area contributed by atoms with Crippen LogP contribution in [-0.2, 0) is 28.4 Å². The summed E-state index contributed by atoms with van der Waals surface area (Å²) >= 11 is 0. The Balaban J connectivity index is 2.99. The maximum absolute atomic E-state index is 13.0. The van der Waals surface area contributed by atoms with Crippen LogP contribution in [0.3, 0.4) is 0 Å². The maximum Gasteiger partial charge on any atom is 0.410 e. The van der Waals surface area contributed by atoms with Gasteiger partial charge in [-0.3, -0.25) is 18.9 Å². The summed E-state index contributed by atoms with van der Waals surface area (Å²) in [4.78, 5) is 47.9. The average Bonchev–Trinajstić information content (AvgIpc) is 3.18. The van der Waals surface area contributed by atoms with Gasteiger partial charge in [0.15, 0.2) is 13.8 Å². The van der Waals surface area contributed by atoms with Gasteiger partial charge < -0.3 is 30.3 Å². The molecule has 1 aliphatic rings. The minimum atomic E-state index is -2.23. The van der Waals surface area contributed by atoms with E-state index in [2.05, 4.69) is 10.6 Å². The molecule has 1 saturated carbocycles. The fourth-order valence-corrected chi connectivity index (χ4v) is 4.23. The molecule has 12 heteroatoms. The number of nitrogens with one attached hydrogen (secondary N) is 2. The SMILES string of the molecule is CC(OC(=O)NC(C)C(O)(P=O)C1(C(=O)NC(C)C(=O)O)CCCC1)OC(=O)C(C)C. The van der Waals surface area contributed by atoms with Crippen LogP contribution in [0.15, 0.2) is 0 Å². The van der Waals surface area contributed by atoms with E-state index in [-0.39, 0.29) is 12.8 Å². The number of alkyl carbamates (subject to hydrolysis) is 1. The molecular formula is C19H31N2O9P. The van der Waals surface area contributed by atoms with E-state index in [1.807, 2.05) is 0 Å². The van der Waals surface area contributed by atoms with Crippen molar-refractivity contribution >= 4 is 32.4 Å². The molecule has 0 heterocycles. The number of carboxylic acid groups (broad SMARTS) is 1. The summed E-state index contributed by atoms with van der Waals surface area (Å²) in [7, 11) is -0.821. The molecule has 0 aromatic rings. The minimum Gasteiger partial charge on any atom is -0.480 e. The molecule has 1 fully saturated rings. The fraction of sp³-hybridized carbons (Fsp3) is 0.789. The summed E-state index contributed by atoms with van der Waals surface area (Å²) in [5.41, 5.74) is -1.58. The zero-order valence-electron chi connectivity index (χ0n) is 18.3. The molecule has 1 rings (SSSR count). The number of rotatable bonds is 10. The quantitative estimate of drug-likeness (QED) is 0.215. The second kappa shape index (κ2) is 10.9. The monoisotopic (exact) mass is 462 g/mol. The molecule has 0 aliphatic heterocycles. The number of amides is 2. The number of esters is 1. The second-order valence-corrected chi connectivity index (χ2v) is 8.93. The van der Waals surface area contributed by atoms with Crippen molar-refractivity contribution in [2.24, 2.45) is 11.3 Å². The third-order valence-electron chi connectivity index (χ3n) is 5.42. The molecule has 4 atom stereocenters. The molecule has 1 aliphatic carbocycles. The number of carbonyl (C=O) groups is 4. The predicted molar refractivity (Wildman–Crippen MR) is 108 cm³/mol. The van der Waals surface area contributed by atoms with Crippen molar-refractivity contribution in [1.82, 2.24) is 10.6 Å². The fourth-order valence-electron chi connectivity index (χ4n) is 3.50. The van der Waals surface area contributed by atoms with Gasteiger partial charge >= 0.3 is 18.0 Å². The molecular weight excluding hydrogens is 431 g/mol. The van der Waals surface area contributed by atoms with E-state index < -0.39 is 67.4 Å². The third-order valence-corrected chi connectivity index (χ3v) is 6.51. The number of hydrogen-bond donors (Lipinski definition) is 4. The lowest BCUT2D eigenvalue weighted by Crippen LogP contribution is -2.63. The zero-order chi connectivity index (χ0) is 24.0. The van der Waals surface area contributed by atoms with E-state index in [1.165, 1.54) is 20.8 Å². The van der Waals surface area contributed by atoms with Gasteiger partial charge in [0.05, 0.1) is 17.4 Å². The van der Waals surface area contributed by atoms with Crippen LogP contribution in [0.25, 0.3) is 0 Å². The van der Waals surface area contributed by atoms with Crippen LogP contribution >= 0.6 is 8.46 Å². The number of ether oxygens (including phenoxy) is 2. The Bertz CT molecular complexity index is 708. The van der Waals surface area contributed by atoms with Gasteiger partial charge in [-0.05, 0) is 26.7 Å².